The molecule has 2 aromatic carbocycles. The third kappa shape index (κ3) is 4.96. The molecule has 2 aliphatic rings. The summed E-state index contributed by atoms with van der Waals surface area (Å²) in [5.74, 6) is -0.402. The van der Waals surface area contributed by atoms with E-state index >= 15 is 0 Å². The van der Waals surface area contributed by atoms with Gasteiger partial charge in [0.15, 0.2) is 0 Å². The van der Waals surface area contributed by atoms with Crippen LogP contribution in [0.15, 0.2) is 60.8 Å². The minimum atomic E-state index is -0.731. The molecule has 3 N–H and O–H groups in total. The minimum Gasteiger partial charge on any atom is -0.361 e. The molecule has 5 rings (SSSR count). The normalized spacial score (nSPS) is 18.9. The summed E-state index contributed by atoms with van der Waals surface area (Å²) in [6.07, 6.45) is 9.08. The molecule has 0 radical (unpaired) electrons. The van der Waals surface area contributed by atoms with Gasteiger partial charge < -0.3 is 20.5 Å². The number of rotatable bonds is 6. The van der Waals surface area contributed by atoms with Crippen molar-refractivity contribution in [2.45, 2.75) is 56.7 Å². The van der Waals surface area contributed by atoms with Crippen molar-refractivity contribution in [1.82, 2.24) is 20.5 Å². The van der Waals surface area contributed by atoms with Crippen LogP contribution in [0.1, 0.15) is 60.5 Å². The van der Waals surface area contributed by atoms with E-state index in [9.17, 15) is 9.59 Å². The molecule has 33 heavy (non-hydrogen) atoms. The molecule has 2 amide bonds. The maximum absolute atomic E-state index is 13.3. The molecule has 6 nitrogen and oxygen atoms in total. The Morgan fingerprint density at radius 1 is 0.939 bits per heavy atom. The fourth-order valence-corrected chi connectivity index (χ4v) is 5.31. The summed E-state index contributed by atoms with van der Waals surface area (Å²) < 4.78 is 0. The van der Waals surface area contributed by atoms with Crippen molar-refractivity contribution in [3.63, 3.8) is 0 Å². The number of benzene rings is 2. The lowest BCUT2D eigenvalue weighted by Gasteiger charge is -2.36. The Labute approximate surface area is 194 Å². The molecular weight excluding hydrogens is 412 g/mol. The number of carbonyl (C=O) groups is 2. The molecule has 2 fully saturated rings. The van der Waals surface area contributed by atoms with Crippen molar-refractivity contribution in [3.05, 3.63) is 71.9 Å². The van der Waals surface area contributed by atoms with Crippen LogP contribution < -0.4 is 10.6 Å². The zero-order chi connectivity index (χ0) is 22.6. The van der Waals surface area contributed by atoms with Crippen LogP contribution in [0.25, 0.3) is 10.9 Å². The number of hydrogen-bond acceptors (Lipinski definition) is 3. The van der Waals surface area contributed by atoms with Gasteiger partial charge in [-0.05, 0) is 54.8 Å². The Morgan fingerprint density at radius 2 is 1.70 bits per heavy atom. The molecule has 0 unspecified atom stereocenters. The SMILES string of the molecule is O=C(N[C@@H](C(=O)NC1CCN(C2CCCC2)CC1)c1ccccc1)c1ccc2cc[nH]c2c1. The number of aromatic nitrogens is 1. The Kier molecular flexibility index (Phi) is 6.44. The van der Waals surface area contributed by atoms with Gasteiger partial charge in [-0.15, -0.1) is 0 Å². The zero-order valence-corrected chi connectivity index (χ0v) is 18.9. The molecule has 1 aliphatic carbocycles. The average Bonchev–Trinajstić information content (AvgIpc) is 3.55. The smallest absolute Gasteiger partial charge is 0.252 e. The summed E-state index contributed by atoms with van der Waals surface area (Å²) in [5, 5.41) is 7.25. The molecule has 1 saturated heterocycles. The van der Waals surface area contributed by atoms with Gasteiger partial charge >= 0.3 is 0 Å². The van der Waals surface area contributed by atoms with Crippen molar-refractivity contribution >= 4 is 22.7 Å². The molecular formula is C27H32N4O2. The van der Waals surface area contributed by atoms with Crippen LogP contribution in [-0.2, 0) is 4.79 Å². The molecule has 3 aromatic rings. The second kappa shape index (κ2) is 9.79. The van der Waals surface area contributed by atoms with E-state index in [4.69, 9.17) is 0 Å². The second-order valence-electron chi connectivity index (χ2n) is 9.35. The molecule has 1 aliphatic heterocycles. The van der Waals surface area contributed by atoms with Crippen LogP contribution >= 0.6 is 0 Å². The van der Waals surface area contributed by atoms with E-state index in [1.807, 2.05) is 54.7 Å². The standard InChI is InChI=1S/C27H32N4O2/c32-26(21-11-10-19-12-15-28-24(19)18-21)30-25(20-6-2-1-3-7-20)27(33)29-22-13-16-31(17-14-22)23-8-4-5-9-23/h1-3,6-7,10-12,15,18,22-23,25,28H,4-5,8-9,13-14,16-17H2,(H,29,33)(H,30,32)/t25-/m1/s1. The van der Waals surface area contributed by atoms with Crippen LogP contribution in [0, 0.1) is 0 Å². The Bertz CT molecular complexity index is 1100. The van der Waals surface area contributed by atoms with Gasteiger partial charge in [0.05, 0.1) is 0 Å². The first-order chi connectivity index (χ1) is 16.2. The highest BCUT2D eigenvalue weighted by atomic mass is 16.2. The number of hydrogen-bond donors (Lipinski definition) is 3. The fourth-order valence-electron chi connectivity index (χ4n) is 5.31. The third-order valence-electron chi connectivity index (χ3n) is 7.20. The molecule has 2 heterocycles. The minimum absolute atomic E-state index is 0.144. The quantitative estimate of drug-likeness (QED) is 0.534. The number of H-pyrrole nitrogens is 1. The van der Waals surface area contributed by atoms with Gasteiger partial charge in [0.2, 0.25) is 5.91 Å². The summed E-state index contributed by atoms with van der Waals surface area (Å²) in [6.45, 7) is 2.07. The van der Waals surface area contributed by atoms with Crippen LogP contribution in [0.3, 0.4) is 0 Å². The highest BCUT2D eigenvalue weighted by molar-refractivity contribution is 6.00. The third-order valence-corrected chi connectivity index (χ3v) is 7.20. The predicted molar refractivity (Wildman–Crippen MR) is 130 cm³/mol. The van der Waals surface area contributed by atoms with E-state index in [-0.39, 0.29) is 17.9 Å². The van der Waals surface area contributed by atoms with Gasteiger partial charge in [0.25, 0.3) is 5.91 Å². The van der Waals surface area contributed by atoms with Crippen molar-refractivity contribution in [2.24, 2.45) is 0 Å². The largest absolute Gasteiger partial charge is 0.361 e. The predicted octanol–water partition coefficient (Wildman–Crippen LogP) is 4.16. The van der Waals surface area contributed by atoms with E-state index < -0.39 is 6.04 Å². The van der Waals surface area contributed by atoms with E-state index in [0.717, 1.165) is 48.4 Å². The highest BCUT2D eigenvalue weighted by Gasteiger charge is 2.30. The summed E-state index contributed by atoms with van der Waals surface area (Å²) in [7, 11) is 0. The number of piperidine rings is 1. The average molecular weight is 445 g/mol. The van der Waals surface area contributed by atoms with Gasteiger partial charge in [-0.2, -0.15) is 0 Å². The topological polar surface area (TPSA) is 77.2 Å². The van der Waals surface area contributed by atoms with Gasteiger partial charge in [0.1, 0.15) is 6.04 Å². The number of aromatic amines is 1. The zero-order valence-electron chi connectivity index (χ0n) is 18.9. The second-order valence-corrected chi connectivity index (χ2v) is 9.35. The van der Waals surface area contributed by atoms with Crippen molar-refractivity contribution in [3.8, 4) is 0 Å². The first-order valence-electron chi connectivity index (χ1n) is 12.1. The van der Waals surface area contributed by atoms with Gasteiger partial charge in [-0.25, -0.2) is 0 Å². The van der Waals surface area contributed by atoms with Crippen LogP contribution in [-0.4, -0.2) is 46.9 Å². The molecule has 6 heteroatoms. The van der Waals surface area contributed by atoms with Crippen LogP contribution in [0.5, 0.6) is 0 Å². The summed E-state index contributed by atoms with van der Waals surface area (Å²) in [5.41, 5.74) is 2.22. The number of carbonyl (C=O) groups excluding carboxylic acids is 2. The summed E-state index contributed by atoms with van der Waals surface area (Å²) in [4.78, 5) is 32.1. The van der Waals surface area contributed by atoms with Crippen molar-refractivity contribution in [1.29, 1.82) is 0 Å². The van der Waals surface area contributed by atoms with Crippen molar-refractivity contribution < 1.29 is 9.59 Å². The Hall–Kier alpha value is -3.12. The number of fused-ring (bicyclic) bond motifs is 1. The molecule has 1 aromatic heterocycles. The Morgan fingerprint density at radius 3 is 2.45 bits per heavy atom. The highest BCUT2D eigenvalue weighted by Crippen LogP contribution is 2.26. The number of nitrogens with one attached hydrogen (secondary N) is 3. The maximum Gasteiger partial charge on any atom is 0.252 e. The molecule has 0 bridgehead atoms. The van der Waals surface area contributed by atoms with Gasteiger partial charge in [-0.3, -0.25) is 9.59 Å². The van der Waals surface area contributed by atoms with Crippen molar-refractivity contribution in [2.75, 3.05) is 13.1 Å². The molecule has 0 spiro atoms. The number of likely N-dealkylation sites (tertiary alicyclic amines) is 1. The summed E-state index contributed by atoms with van der Waals surface area (Å²) in [6, 6.07) is 17.1. The molecule has 172 valence electrons. The molecule has 1 atom stereocenters. The van der Waals surface area contributed by atoms with E-state index in [0.29, 0.717) is 5.56 Å². The van der Waals surface area contributed by atoms with Gasteiger partial charge in [0, 0.05) is 42.5 Å². The van der Waals surface area contributed by atoms with Crippen LogP contribution in [0.4, 0.5) is 0 Å². The van der Waals surface area contributed by atoms with E-state index in [2.05, 4.69) is 20.5 Å². The number of amides is 2. The lowest BCUT2D eigenvalue weighted by atomic mass is 10.0. The maximum atomic E-state index is 13.3. The van der Waals surface area contributed by atoms with Crippen LogP contribution in [0.2, 0.25) is 0 Å². The lowest BCUT2D eigenvalue weighted by molar-refractivity contribution is -0.124. The first kappa shape index (κ1) is 21.7. The van der Waals surface area contributed by atoms with E-state index in [1.165, 1.54) is 25.7 Å². The van der Waals surface area contributed by atoms with Gasteiger partial charge in [-0.1, -0.05) is 49.2 Å². The number of nitrogens with zero attached hydrogens (tertiary/aromatic N) is 1. The first-order valence-corrected chi connectivity index (χ1v) is 12.1. The van der Waals surface area contributed by atoms with E-state index in [1.54, 1.807) is 6.07 Å². The monoisotopic (exact) mass is 444 g/mol. The lowest BCUT2D eigenvalue weighted by Crippen LogP contribution is -2.50. The summed E-state index contributed by atoms with van der Waals surface area (Å²) >= 11 is 0. The Balaban J connectivity index is 1.26. The fraction of sp³-hybridized carbons (Fsp3) is 0.407. The molecule has 1 saturated carbocycles.